The van der Waals surface area contributed by atoms with Gasteiger partial charge in [0.05, 0.1) is 19.0 Å². The Morgan fingerprint density at radius 2 is 2.17 bits per heavy atom. The average Bonchev–Trinajstić information content (AvgIpc) is 1.80. The minimum Gasteiger partial charge on any atom is -0.376 e. The standard InChI is InChI=1S/C6H13NO4S/c7-12(8,9)3-1-2-11-6-4-10-5-6/h6H,1-5H2,(H2,7,8,9). The Morgan fingerprint density at radius 1 is 1.50 bits per heavy atom. The van der Waals surface area contributed by atoms with Gasteiger partial charge in [0.2, 0.25) is 10.0 Å². The van der Waals surface area contributed by atoms with Crippen molar-refractivity contribution in [2.45, 2.75) is 12.5 Å². The van der Waals surface area contributed by atoms with Crippen molar-refractivity contribution in [1.82, 2.24) is 0 Å². The lowest BCUT2D eigenvalue weighted by molar-refractivity contribution is -0.129. The van der Waals surface area contributed by atoms with Gasteiger partial charge in [-0.3, -0.25) is 0 Å². The molecule has 1 aliphatic heterocycles. The van der Waals surface area contributed by atoms with Crippen LogP contribution in [0.5, 0.6) is 0 Å². The van der Waals surface area contributed by atoms with Crippen molar-refractivity contribution >= 4 is 10.0 Å². The fourth-order valence-electron chi connectivity index (χ4n) is 0.820. The van der Waals surface area contributed by atoms with Crippen molar-refractivity contribution in [1.29, 1.82) is 0 Å². The number of hydrogen-bond acceptors (Lipinski definition) is 4. The monoisotopic (exact) mass is 195 g/mol. The molecule has 1 saturated heterocycles. The van der Waals surface area contributed by atoms with Crippen LogP contribution in [0.1, 0.15) is 6.42 Å². The summed E-state index contributed by atoms with van der Waals surface area (Å²) in [5.41, 5.74) is 0. The number of hydrogen-bond donors (Lipinski definition) is 1. The zero-order chi connectivity index (χ0) is 9.03. The van der Waals surface area contributed by atoms with Gasteiger partial charge in [-0.1, -0.05) is 0 Å². The second kappa shape index (κ2) is 4.18. The predicted octanol–water partition coefficient (Wildman–Crippen LogP) is -0.920. The molecule has 0 bridgehead atoms. The van der Waals surface area contributed by atoms with Gasteiger partial charge < -0.3 is 9.47 Å². The van der Waals surface area contributed by atoms with E-state index in [1.54, 1.807) is 0 Å². The van der Waals surface area contributed by atoms with Gasteiger partial charge in [0, 0.05) is 6.61 Å². The first kappa shape index (κ1) is 9.91. The van der Waals surface area contributed by atoms with E-state index in [0.717, 1.165) is 0 Å². The first-order chi connectivity index (χ1) is 5.58. The van der Waals surface area contributed by atoms with E-state index in [1.165, 1.54) is 0 Å². The van der Waals surface area contributed by atoms with Crippen LogP contribution in [0.3, 0.4) is 0 Å². The Balaban J connectivity index is 1.95. The maximum atomic E-state index is 10.5. The van der Waals surface area contributed by atoms with Crippen LogP contribution in [0.25, 0.3) is 0 Å². The highest BCUT2D eigenvalue weighted by atomic mass is 32.2. The molecule has 0 atom stereocenters. The van der Waals surface area contributed by atoms with Gasteiger partial charge in [0.15, 0.2) is 0 Å². The molecule has 0 unspecified atom stereocenters. The van der Waals surface area contributed by atoms with E-state index >= 15 is 0 Å². The maximum absolute atomic E-state index is 10.5. The Labute approximate surface area is 71.9 Å². The SMILES string of the molecule is NS(=O)(=O)CCCOC1COC1. The highest BCUT2D eigenvalue weighted by Gasteiger charge is 2.18. The van der Waals surface area contributed by atoms with Crippen LogP contribution in [0.15, 0.2) is 0 Å². The minimum absolute atomic E-state index is 0.0133. The number of ether oxygens (including phenoxy) is 2. The van der Waals surface area contributed by atoms with E-state index < -0.39 is 10.0 Å². The molecule has 0 aromatic heterocycles. The van der Waals surface area contributed by atoms with E-state index in [-0.39, 0.29) is 11.9 Å². The summed E-state index contributed by atoms with van der Waals surface area (Å²) in [7, 11) is -3.32. The van der Waals surface area contributed by atoms with Crippen molar-refractivity contribution in [3.8, 4) is 0 Å². The molecule has 1 aliphatic rings. The molecule has 0 amide bonds. The summed E-state index contributed by atoms with van der Waals surface area (Å²) in [5.74, 6) is -0.0133. The number of rotatable bonds is 5. The topological polar surface area (TPSA) is 78.6 Å². The molecule has 0 aliphatic carbocycles. The number of nitrogens with two attached hydrogens (primary N) is 1. The molecule has 6 heteroatoms. The molecule has 2 N–H and O–H groups in total. The largest absolute Gasteiger partial charge is 0.376 e. The normalized spacial score (nSPS) is 19.1. The van der Waals surface area contributed by atoms with Crippen molar-refractivity contribution in [3.05, 3.63) is 0 Å². The molecule has 0 spiro atoms. The molecule has 5 nitrogen and oxygen atoms in total. The second-order valence-electron chi connectivity index (χ2n) is 2.75. The van der Waals surface area contributed by atoms with Gasteiger partial charge in [-0.2, -0.15) is 0 Å². The van der Waals surface area contributed by atoms with Gasteiger partial charge >= 0.3 is 0 Å². The van der Waals surface area contributed by atoms with Gasteiger partial charge in [-0.25, -0.2) is 13.6 Å². The molecule has 72 valence electrons. The lowest BCUT2D eigenvalue weighted by atomic mass is 10.3. The lowest BCUT2D eigenvalue weighted by Gasteiger charge is -2.25. The summed E-state index contributed by atoms with van der Waals surface area (Å²) in [5, 5.41) is 4.79. The Kier molecular flexibility index (Phi) is 3.45. The molecular weight excluding hydrogens is 182 g/mol. The molecule has 1 rings (SSSR count). The summed E-state index contributed by atoms with van der Waals surface area (Å²) in [6, 6.07) is 0. The van der Waals surface area contributed by atoms with Crippen LogP contribution >= 0.6 is 0 Å². The van der Waals surface area contributed by atoms with Crippen molar-refractivity contribution in [3.63, 3.8) is 0 Å². The molecule has 1 fully saturated rings. The summed E-state index contributed by atoms with van der Waals surface area (Å²) < 4.78 is 31.0. The number of sulfonamides is 1. The molecule has 0 aromatic carbocycles. The fraction of sp³-hybridized carbons (Fsp3) is 1.00. The Hall–Kier alpha value is -0.170. The van der Waals surface area contributed by atoms with Crippen LogP contribution in [0.2, 0.25) is 0 Å². The van der Waals surface area contributed by atoms with Crippen LogP contribution < -0.4 is 5.14 Å². The average molecular weight is 195 g/mol. The van der Waals surface area contributed by atoms with Crippen molar-refractivity contribution in [2.75, 3.05) is 25.6 Å². The quantitative estimate of drug-likeness (QED) is 0.575. The maximum Gasteiger partial charge on any atom is 0.209 e. The molecule has 0 saturated carbocycles. The third kappa shape index (κ3) is 4.01. The predicted molar refractivity (Wildman–Crippen MR) is 43.2 cm³/mol. The van der Waals surface area contributed by atoms with E-state index in [1.807, 2.05) is 0 Å². The van der Waals surface area contributed by atoms with Crippen molar-refractivity contribution < 1.29 is 17.9 Å². The van der Waals surface area contributed by atoms with Crippen molar-refractivity contribution in [2.24, 2.45) is 5.14 Å². The third-order valence-corrected chi connectivity index (χ3v) is 2.39. The first-order valence-corrected chi connectivity index (χ1v) is 5.49. The Morgan fingerprint density at radius 3 is 2.58 bits per heavy atom. The molecule has 1 heterocycles. The van der Waals surface area contributed by atoms with Crippen LogP contribution in [0, 0.1) is 0 Å². The van der Waals surface area contributed by atoms with E-state index in [2.05, 4.69) is 0 Å². The molecule has 0 radical (unpaired) electrons. The molecule has 12 heavy (non-hydrogen) atoms. The van der Waals surface area contributed by atoms with Gasteiger partial charge in [0.25, 0.3) is 0 Å². The lowest BCUT2D eigenvalue weighted by Crippen LogP contribution is -2.36. The van der Waals surface area contributed by atoms with Gasteiger partial charge in [-0.15, -0.1) is 0 Å². The Bertz CT molecular complexity index is 222. The highest BCUT2D eigenvalue weighted by molar-refractivity contribution is 7.89. The third-order valence-electron chi connectivity index (χ3n) is 1.53. The molecule has 0 aromatic rings. The van der Waals surface area contributed by atoms with Gasteiger partial charge in [-0.05, 0) is 6.42 Å². The minimum atomic E-state index is -3.32. The first-order valence-electron chi connectivity index (χ1n) is 3.78. The summed E-state index contributed by atoms with van der Waals surface area (Å²) >= 11 is 0. The summed E-state index contributed by atoms with van der Waals surface area (Å²) in [6.07, 6.45) is 0.612. The van der Waals surface area contributed by atoms with E-state index in [0.29, 0.717) is 26.2 Å². The zero-order valence-electron chi connectivity index (χ0n) is 6.73. The highest BCUT2D eigenvalue weighted by Crippen LogP contribution is 2.05. The van der Waals surface area contributed by atoms with E-state index in [9.17, 15) is 8.42 Å². The number of primary sulfonamides is 1. The summed E-state index contributed by atoms with van der Waals surface area (Å²) in [4.78, 5) is 0. The van der Waals surface area contributed by atoms with Crippen LogP contribution in [0.4, 0.5) is 0 Å². The van der Waals surface area contributed by atoms with E-state index in [4.69, 9.17) is 14.6 Å². The smallest absolute Gasteiger partial charge is 0.209 e. The summed E-state index contributed by atoms with van der Waals surface area (Å²) in [6.45, 7) is 1.68. The second-order valence-corrected chi connectivity index (χ2v) is 4.48. The zero-order valence-corrected chi connectivity index (χ0v) is 7.55. The fourth-order valence-corrected chi connectivity index (χ4v) is 1.34. The van der Waals surface area contributed by atoms with Crippen LogP contribution in [-0.2, 0) is 19.5 Å². The van der Waals surface area contributed by atoms with Gasteiger partial charge in [0.1, 0.15) is 6.10 Å². The van der Waals surface area contributed by atoms with Crippen LogP contribution in [-0.4, -0.2) is 40.1 Å². The molecular formula is C6H13NO4S.